The van der Waals surface area contributed by atoms with Crippen LogP contribution in [0, 0.1) is 0 Å². The number of hydrogen-bond acceptors (Lipinski definition) is 7. The van der Waals surface area contributed by atoms with E-state index in [-0.39, 0.29) is 21.2 Å². The predicted octanol–water partition coefficient (Wildman–Crippen LogP) is 1.12. The number of ether oxygens (including phenoxy) is 2. The van der Waals surface area contributed by atoms with E-state index in [2.05, 4.69) is 5.32 Å². The van der Waals surface area contributed by atoms with Gasteiger partial charge in [-0.2, -0.15) is 0 Å². The van der Waals surface area contributed by atoms with Crippen molar-refractivity contribution in [2.75, 3.05) is 5.32 Å². The molecule has 0 radical (unpaired) electrons. The number of benzene rings is 1. The van der Waals surface area contributed by atoms with Crippen LogP contribution in [-0.4, -0.2) is 26.1 Å². The number of anilines is 1. The van der Waals surface area contributed by atoms with Crippen LogP contribution in [0.4, 0.5) is 5.69 Å². The summed E-state index contributed by atoms with van der Waals surface area (Å²) in [5, 5.41) is 7.75. The van der Waals surface area contributed by atoms with Gasteiger partial charge in [0.1, 0.15) is 0 Å². The van der Waals surface area contributed by atoms with Crippen molar-refractivity contribution in [3.63, 3.8) is 0 Å². The number of primary sulfonamides is 1. The van der Waals surface area contributed by atoms with Crippen LogP contribution in [0.2, 0.25) is 5.02 Å². The van der Waals surface area contributed by atoms with E-state index in [1.807, 2.05) is 0 Å². The maximum Gasteiger partial charge on any atom is 0.350 e. The molecule has 1 saturated heterocycles. The van der Waals surface area contributed by atoms with Crippen molar-refractivity contribution in [3.05, 3.63) is 35.0 Å². The molecule has 0 amide bonds. The van der Waals surface area contributed by atoms with Gasteiger partial charge in [0.05, 0.1) is 15.6 Å². The lowest BCUT2D eigenvalue weighted by atomic mass is 10.2. The van der Waals surface area contributed by atoms with E-state index in [4.69, 9.17) is 26.2 Å². The van der Waals surface area contributed by atoms with Gasteiger partial charge in [-0.15, -0.1) is 0 Å². The molecule has 0 aliphatic carbocycles. The van der Waals surface area contributed by atoms with Gasteiger partial charge < -0.3 is 14.8 Å². The topological polar surface area (TPSA) is 125 Å². The molecule has 124 valence electrons. The van der Waals surface area contributed by atoms with Crippen molar-refractivity contribution >= 4 is 39.3 Å². The highest BCUT2D eigenvalue weighted by Crippen LogP contribution is 2.26. The van der Waals surface area contributed by atoms with E-state index in [9.17, 15) is 18.0 Å². The van der Waals surface area contributed by atoms with Crippen molar-refractivity contribution in [2.24, 2.45) is 5.14 Å². The Bertz CT molecular complexity index is 794. The summed E-state index contributed by atoms with van der Waals surface area (Å²) in [5.41, 5.74) is -0.252. The van der Waals surface area contributed by atoms with Crippen molar-refractivity contribution in [3.8, 4) is 0 Å². The summed E-state index contributed by atoms with van der Waals surface area (Å²) in [6, 6.07) is 3.70. The highest BCUT2D eigenvalue weighted by molar-refractivity contribution is 7.89. The van der Waals surface area contributed by atoms with E-state index in [1.165, 1.54) is 26.0 Å². The van der Waals surface area contributed by atoms with Gasteiger partial charge in [-0.1, -0.05) is 11.6 Å². The standard InChI is InChI=1S/C13H13ClN2O6S/c1-13(2)21-11(17)8(12(18)22-13)6-16-10-5-7(23(15,19)20)3-4-9(10)14/h3-6,16H,1-2H3,(H2,15,19,20). The average Bonchev–Trinajstić information content (AvgIpc) is 2.36. The third-order valence-corrected chi connectivity index (χ3v) is 4.00. The van der Waals surface area contributed by atoms with E-state index in [1.54, 1.807) is 0 Å². The number of nitrogens with one attached hydrogen (secondary N) is 1. The smallest absolute Gasteiger partial charge is 0.350 e. The Kier molecular flexibility index (Phi) is 4.38. The zero-order valence-electron chi connectivity index (χ0n) is 12.1. The molecule has 1 aromatic carbocycles. The fourth-order valence-corrected chi connectivity index (χ4v) is 2.43. The quantitative estimate of drug-likeness (QED) is 0.470. The lowest BCUT2D eigenvalue weighted by molar-refractivity contribution is -0.222. The second-order valence-electron chi connectivity index (χ2n) is 5.07. The minimum atomic E-state index is -3.92. The Labute approximate surface area is 137 Å². The third kappa shape index (κ3) is 4.01. The zero-order chi connectivity index (χ0) is 17.4. The molecule has 2 rings (SSSR count). The Morgan fingerprint density at radius 1 is 1.22 bits per heavy atom. The summed E-state index contributed by atoms with van der Waals surface area (Å²) in [6.07, 6.45) is 1.02. The van der Waals surface area contributed by atoms with E-state index >= 15 is 0 Å². The summed E-state index contributed by atoms with van der Waals surface area (Å²) < 4.78 is 32.5. The van der Waals surface area contributed by atoms with E-state index in [0.29, 0.717) is 0 Å². The van der Waals surface area contributed by atoms with Crippen molar-refractivity contribution in [1.29, 1.82) is 0 Å². The fourth-order valence-electron chi connectivity index (χ4n) is 1.72. The largest absolute Gasteiger partial charge is 0.419 e. The Morgan fingerprint density at radius 3 is 2.30 bits per heavy atom. The van der Waals surface area contributed by atoms with Gasteiger partial charge in [-0.25, -0.2) is 23.1 Å². The number of hydrogen-bond donors (Lipinski definition) is 2. The highest BCUT2D eigenvalue weighted by Gasteiger charge is 2.38. The minimum absolute atomic E-state index is 0.135. The summed E-state index contributed by atoms with van der Waals surface area (Å²) in [5.74, 6) is -3.11. The maximum absolute atomic E-state index is 11.8. The lowest BCUT2D eigenvalue weighted by Crippen LogP contribution is -2.42. The molecule has 8 nitrogen and oxygen atoms in total. The number of halogens is 1. The SMILES string of the molecule is CC1(C)OC(=O)C(=CNc2cc(S(N)(=O)=O)ccc2Cl)C(=O)O1. The van der Waals surface area contributed by atoms with Crippen molar-refractivity contribution in [1.82, 2.24) is 0 Å². The van der Waals surface area contributed by atoms with Gasteiger partial charge in [-0.3, -0.25) is 0 Å². The van der Waals surface area contributed by atoms with Crippen LogP contribution in [0.1, 0.15) is 13.8 Å². The Hall–Kier alpha value is -2.10. The monoisotopic (exact) mass is 360 g/mol. The van der Waals surface area contributed by atoms with Crippen molar-refractivity contribution < 1.29 is 27.5 Å². The molecule has 10 heteroatoms. The molecule has 0 unspecified atom stereocenters. The number of sulfonamides is 1. The fraction of sp³-hybridized carbons (Fsp3) is 0.231. The summed E-state index contributed by atoms with van der Waals surface area (Å²) in [4.78, 5) is 23.4. The first-order valence-corrected chi connectivity index (χ1v) is 8.18. The van der Waals surface area contributed by atoms with Crippen LogP contribution in [0.5, 0.6) is 0 Å². The predicted molar refractivity (Wildman–Crippen MR) is 80.8 cm³/mol. The number of rotatable bonds is 3. The molecule has 0 spiro atoms. The van der Waals surface area contributed by atoms with Crippen LogP contribution < -0.4 is 10.5 Å². The molecule has 1 aliphatic heterocycles. The number of nitrogens with two attached hydrogens (primary N) is 1. The first-order valence-electron chi connectivity index (χ1n) is 6.25. The maximum atomic E-state index is 11.8. The van der Waals surface area contributed by atoms with Gasteiger partial charge in [0, 0.05) is 20.0 Å². The summed E-state index contributed by atoms with van der Waals surface area (Å²) in [6.45, 7) is 2.83. The van der Waals surface area contributed by atoms with Gasteiger partial charge in [0.25, 0.3) is 5.79 Å². The first kappa shape index (κ1) is 17.3. The summed E-state index contributed by atoms with van der Waals surface area (Å²) >= 11 is 5.92. The number of cyclic esters (lactones) is 2. The van der Waals surface area contributed by atoms with Crippen LogP contribution in [0.3, 0.4) is 0 Å². The number of carbonyl (C=O) groups is 2. The van der Waals surface area contributed by atoms with Crippen LogP contribution in [-0.2, 0) is 29.1 Å². The second-order valence-corrected chi connectivity index (χ2v) is 7.04. The molecule has 0 atom stereocenters. The molecule has 1 aromatic rings. The van der Waals surface area contributed by atoms with Gasteiger partial charge >= 0.3 is 11.9 Å². The number of carbonyl (C=O) groups excluding carboxylic acids is 2. The van der Waals surface area contributed by atoms with Gasteiger partial charge in [-0.05, 0) is 18.2 Å². The molecule has 1 heterocycles. The number of esters is 2. The highest BCUT2D eigenvalue weighted by atomic mass is 35.5. The van der Waals surface area contributed by atoms with Gasteiger partial charge in [0.2, 0.25) is 10.0 Å². The van der Waals surface area contributed by atoms with Crippen molar-refractivity contribution in [2.45, 2.75) is 24.5 Å². The first-order chi connectivity index (χ1) is 10.5. The summed E-state index contributed by atoms with van der Waals surface area (Å²) in [7, 11) is -3.92. The zero-order valence-corrected chi connectivity index (χ0v) is 13.7. The Balaban J connectivity index is 2.30. The third-order valence-electron chi connectivity index (χ3n) is 2.76. The molecular weight excluding hydrogens is 348 g/mol. The molecule has 0 aromatic heterocycles. The second kappa shape index (κ2) is 5.84. The molecule has 1 fully saturated rings. The van der Waals surface area contributed by atoms with Crippen LogP contribution >= 0.6 is 11.6 Å². The Morgan fingerprint density at radius 2 is 1.78 bits per heavy atom. The normalized spacial score (nSPS) is 17.3. The molecule has 3 N–H and O–H groups in total. The molecular formula is C13H13ClN2O6S. The van der Waals surface area contributed by atoms with E-state index < -0.39 is 27.7 Å². The van der Waals surface area contributed by atoms with Crippen LogP contribution in [0.25, 0.3) is 0 Å². The molecule has 0 saturated carbocycles. The molecule has 1 aliphatic rings. The average molecular weight is 361 g/mol. The molecule has 0 bridgehead atoms. The van der Waals surface area contributed by atoms with Gasteiger partial charge in [0.15, 0.2) is 5.57 Å². The molecule has 23 heavy (non-hydrogen) atoms. The minimum Gasteiger partial charge on any atom is -0.419 e. The van der Waals surface area contributed by atoms with Crippen LogP contribution in [0.15, 0.2) is 34.9 Å². The lowest BCUT2D eigenvalue weighted by Gasteiger charge is -2.29. The van der Waals surface area contributed by atoms with E-state index in [0.717, 1.165) is 12.3 Å².